The molecule has 0 aliphatic rings. The second kappa shape index (κ2) is 5.39. The lowest BCUT2D eigenvalue weighted by Crippen LogP contribution is -2.13. The van der Waals surface area contributed by atoms with Crippen molar-refractivity contribution in [3.05, 3.63) is 45.1 Å². The first-order valence-corrected chi connectivity index (χ1v) is 6.15. The molecule has 1 N–H and O–H groups in total. The van der Waals surface area contributed by atoms with Crippen molar-refractivity contribution in [1.29, 1.82) is 0 Å². The van der Waals surface area contributed by atoms with Crippen LogP contribution in [0.2, 0.25) is 4.34 Å². The number of pyridine rings is 1. The fourth-order valence-electron chi connectivity index (χ4n) is 1.37. The maximum Gasteiger partial charge on any atom is 0.113 e. The predicted octanol–water partition coefficient (Wildman–Crippen LogP) is 2.79. The van der Waals surface area contributed by atoms with Crippen LogP contribution < -0.4 is 5.32 Å². The summed E-state index contributed by atoms with van der Waals surface area (Å²) in [4.78, 5) is 8.24. The van der Waals surface area contributed by atoms with E-state index in [0.29, 0.717) is 0 Å². The molecule has 2 aromatic rings. The Morgan fingerprint density at radius 2 is 2.25 bits per heavy atom. The number of nitrogens with zero attached hydrogens (tertiary/aromatic N) is 2. The number of thiazole rings is 1. The third-order valence-electron chi connectivity index (χ3n) is 2.25. The van der Waals surface area contributed by atoms with Gasteiger partial charge >= 0.3 is 0 Å². The van der Waals surface area contributed by atoms with Gasteiger partial charge in [-0.3, -0.25) is 4.98 Å². The highest BCUT2D eigenvalue weighted by Crippen LogP contribution is 2.17. The number of aromatic nitrogens is 2. The SMILES string of the molecule is Cc1cnccc1CNCc1ncc(Cl)s1. The van der Waals surface area contributed by atoms with Gasteiger partial charge in [0.05, 0.1) is 6.20 Å². The van der Waals surface area contributed by atoms with Crippen LogP contribution in [0.25, 0.3) is 0 Å². The van der Waals surface area contributed by atoms with Crippen LogP contribution in [0.15, 0.2) is 24.7 Å². The summed E-state index contributed by atoms with van der Waals surface area (Å²) in [5.74, 6) is 0. The summed E-state index contributed by atoms with van der Waals surface area (Å²) >= 11 is 7.31. The number of hydrogen-bond acceptors (Lipinski definition) is 4. The van der Waals surface area contributed by atoms with E-state index in [0.717, 1.165) is 22.4 Å². The highest BCUT2D eigenvalue weighted by Gasteiger charge is 2.00. The van der Waals surface area contributed by atoms with Gasteiger partial charge in [-0.2, -0.15) is 0 Å². The van der Waals surface area contributed by atoms with Crippen LogP contribution in [-0.4, -0.2) is 9.97 Å². The van der Waals surface area contributed by atoms with Crippen molar-refractivity contribution < 1.29 is 0 Å². The van der Waals surface area contributed by atoms with Crippen molar-refractivity contribution in [3.63, 3.8) is 0 Å². The van der Waals surface area contributed by atoms with Crippen molar-refractivity contribution in [2.75, 3.05) is 0 Å². The molecule has 0 saturated carbocycles. The monoisotopic (exact) mass is 253 g/mol. The van der Waals surface area contributed by atoms with E-state index in [9.17, 15) is 0 Å². The molecule has 0 unspecified atom stereocenters. The van der Waals surface area contributed by atoms with Gasteiger partial charge in [-0.1, -0.05) is 11.6 Å². The zero-order chi connectivity index (χ0) is 11.4. The fraction of sp³-hybridized carbons (Fsp3) is 0.273. The van der Waals surface area contributed by atoms with E-state index in [4.69, 9.17) is 11.6 Å². The topological polar surface area (TPSA) is 37.8 Å². The van der Waals surface area contributed by atoms with Gasteiger partial charge in [-0.05, 0) is 24.1 Å². The summed E-state index contributed by atoms with van der Waals surface area (Å²) in [5.41, 5.74) is 2.46. The standard InChI is InChI=1S/C11H12ClN3S/c1-8-4-13-3-2-9(8)5-14-7-11-15-6-10(12)16-11/h2-4,6,14H,5,7H2,1H3. The summed E-state index contributed by atoms with van der Waals surface area (Å²) in [6.45, 7) is 3.63. The molecule has 0 amide bonds. The van der Waals surface area contributed by atoms with E-state index in [-0.39, 0.29) is 0 Å². The fourth-order valence-corrected chi connectivity index (χ4v) is 2.30. The minimum atomic E-state index is 0.733. The molecule has 2 aromatic heterocycles. The lowest BCUT2D eigenvalue weighted by Gasteiger charge is -2.05. The van der Waals surface area contributed by atoms with E-state index in [1.807, 2.05) is 18.5 Å². The lowest BCUT2D eigenvalue weighted by molar-refractivity contribution is 0.686. The first-order valence-electron chi connectivity index (χ1n) is 4.96. The van der Waals surface area contributed by atoms with Crippen LogP contribution in [-0.2, 0) is 13.1 Å². The minimum Gasteiger partial charge on any atom is -0.306 e. The van der Waals surface area contributed by atoms with Crippen LogP contribution in [0, 0.1) is 6.92 Å². The van der Waals surface area contributed by atoms with Gasteiger partial charge in [0.15, 0.2) is 0 Å². The Balaban J connectivity index is 1.87. The molecule has 0 fully saturated rings. The molecule has 3 nitrogen and oxygen atoms in total. The molecule has 0 aromatic carbocycles. The van der Waals surface area contributed by atoms with Gasteiger partial charge in [0.25, 0.3) is 0 Å². The molecule has 0 aliphatic carbocycles. The van der Waals surface area contributed by atoms with Crippen LogP contribution in [0.1, 0.15) is 16.1 Å². The highest BCUT2D eigenvalue weighted by atomic mass is 35.5. The predicted molar refractivity (Wildman–Crippen MR) is 66.6 cm³/mol. The Morgan fingerprint density at radius 3 is 2.94 bits per heavy atom. The summed E-state index contributed by atoms with van der Waals surface area (Å²) in [7, 11) is 0. The molecule has 0 radical (unpaired) electrons. The quantitative estimate of drug-likeness (QED) is 0.911. The summed E-state index contributed by atoms with van der Waals surface area (Å²) < 4.78 is 0.733. The van der Waals surface area contributed by atoms with Gasteiger partial charge in [-0.25, -0.2) is 4.98 Å². The van der Waals surface area contributed by atoms with E-state index < -0.39 is 0 Å². The van der Waals surface area contributed by atoms with E-state index in [2.05, 4.69) is 22.2 Å². The first-order chi connectivity index (χ1) is 7.75. The van der Waals surface area contributed by atoms with Gasteiger partial charge in [0.2, 0.25) is 0 Å². The first kappa shape index (κ1) is 11.5. The summed E-state index contributed by atoms with van der Waals surface area (Å²) in [5, 5.41) is 4.34. The molecule has 2 heterocycles. The molecule has 5 heteroatoms. The third kappa shape index (κ3) is 3.01. The van der Waals surface area contributed by atoms with Crippen LogP contribution in [0.4, 0.5) is 0 Å². The van der Waals surface area contributed by atoms with E-state index in [1.165, 1.54) is 22.5 Å². The van der Waals surface area contributed by atoms with Gasteiger partial charge in [0.1, 0.15) is 9.34 Å². The zero-order valence-corrected chi connectivity index (χ0v) is 10.5. The van der Waals surface area contributed by atoms with Crippen LogP contribution >= 0.6 is 22.9 Å². The number of nitrogens with one attached hydrogen (secondary N) is 1. The molecule has 0 atom stereocenters. The normalized spacial score (nSPS) is 10.6. The number of hydrogen-bond donors (Lipinski definition) is 1. The minimum absolute atomic E-state index is 0.733. The van der Waals surface area contributed by atoms with Crippen molar-refractivity contribution >= 4 is 22.9 Å². The molecule has 84 valence electrons. The average Bonchev–Trinajstić information content (AvgIpc) is 2.67. The average molecular weight is 254 g/mol. The molecule has 0 aliphatic heterocycles. The maximum absolute atomic E-state index is 5.80. The van der Waals surface area contributed by atoms with E-state index in [1.54, 1.807) is 6.20 Å². The Bertz CT molecular complexity index is 470. The zero-order valence-electron chi connectivity index (χ0n) is 8.90. The molecule has 0 spiro atoms. The number of aryl methyl sites for hydroxylation is 1. The number of halogens is 1. The van der Waals surface area contributed by atoms with Gasteiger partial charge < -0.3 is 5.32 Å². The van der Waals surface area contributed by atoms with E-state index >= 15 is 0 Å². The molecular weight excluding hydrogens is 242 g/mol. The lowest BCUT2D eigenvalue weighted by atomic mass is 10.1. The largest absolute Gasteiger partial charge is 0.306 e. The van der Waals surface area contributed by atoms with Crippen molar-refractivity contribution in [2.24, 2.45) is 0 Å². The Labute approximate surface area is 104 Å². The second-order valence-corrected chi connectivity index (χ2v) is 5.21. The molecule has 0 saturated heterocycles. The van der Waals surface area contributed by atoms with Crippen LogP contribution in [0.5, 0.6) is 0 Å². The van der Waals surface area contributed by atoms with Crippen molar-refractivity contribution in [3.8, 4) is 0 Å². The molecule has 2 rings (SSSR count). The smallest absolute Gasteiger partial charge is 0.113 e. The molecular formula is C11H12ClN3S. The Kier molecular flexibility index (Phi) is 3.88. The summed E-state index contributed by atoms with van der Waals surface area (Å²) in [6.07, 6.45) is 5.36. The van der Waals surface area contributed by atoms with Crippen molar-refractivity contribution in [2.45, 2.75) is 20.0 Å². The van der Waals surface area contributed by atoms with Crippen molar-refractivity contribution in [1.82, 2.24) is 15.3 Å². The Morgan fingerprint density at radius 1 is 1.38 bits per heavy atom. The number of rotatable bonds is 4. The second-order valence-electron chi connectivity index (χ2n) is 3.46. The molecule has 16 heavy (non-hydrogen) atoms. The maximum atomic E-state index is 5.80. The molecule has 0 bridgehead atoms. The highest BCUT2D eigenvalue weighted by molar-refractivity contribution is 7.15. The van der Waals surface area contributed by atoms with Gasteiger partial charge in [-0.15, -0.1) is 11.3 Å². The Hall–Kier alpha value is -0.970. The van der Waals surface area contributed by atoms with Gasteiger partial charge in [0, 0.05) is 25.5 Å². The third-order valence-corrected chi connectivity index (χ3v) is 3.37. The van der Waals surface area contributed by atoms with Crippen LogP contribution in [0.3, 0.4) is 0 Å². The summed E-state index contributed by atoms with van der Waals surface area (Å²) in [6, 6.07) is 2.02.